The lowest BCUT2D eigenvalue weighted by atomic mass is 10.2. The quantitative estimate of drug-likeness (QED) is 0.732. The Morgan fingerprint density at radius 1 is 1.60 bits per heavy atom. The Balaban J connectivity index is 2.75. The average molecular weight is 201 g/mol. The summed E-state index contributed by atoms with van der Waals surface area (Å²) >= 11 is 3.33. The summed E-state index contributed by atoms with van der Waals surface area (Å²) in [6, 6.07) is 2.00. The van der Waals surface area contributed by atoms with Crippen molar-refractivity contribution in [2.24, 2.45) is 0 Å². The largest absolute Gasteiger partial charge is 0.158 e. The first-order valence-corrected chi connectivity index (χ1v) is 4.09. The van der Waals surface area contributed by atoms with Crippen molar-refractivity contribution in [2.75, 3.05) is 0 Å². The summed E-state index contributed by atoms with van der Waals surface area (Å²) in [6.07, 6.45) is 3.82. The third-order valence-electron chi connectivity index (χ3n) is 1.18. The van der Waals surface area contributed by atoms with Gasteiger partial charge in [-0.15, -0.1) is 0 Å². The second-order valence-corrected chi connectivity index (χ2v) is 3.03. The monoisotopic (exact) mass is 200 g/mol. The minimum absolute atomic E-state index is 1.01. The SMILES string of the molecule is CCCc1cc(Br)cnn1. The zero-order valence-corrected chi connectivity index (χ0v) is 7.43. The highest BCUT2D eigenvalue weighted by molar-refractivity contribution is 9.10. The van der Waals surface area contributed by atoms with Gasteiger partial charge in [0.05, 0.1) is 11.9 Å². The fraction of sp³-hybridized carbons (Fsp3) is 0.429. The number of nitrogens with zero attached hydrogens (tertiary/aromatic N) is 2. The third-order valence-corrected chi connectivity index (χ3v) is 1.61. The first kappa shape index (κ1) is 7.66. The summed E-state index contributed by atoms with van der Waals surface area (Å²) < 4.78 is 1.01. The molecule has 0 unspecified atom stereocenters. The van der Waals surface area contributed by atoms with Gasteiger partial charge in [-0.3, -0.25) is 0 Å². The van der Waals surface area contributed by atoms with E-state index in [1.54, 1.807) is 6.20 Å². The Hall–Kier alpha value is -0.440. The van der Waals surface area contributed by atoms with Crippen LogP contribution in [0.2, 0.25) is 0 Å². The van der Waals surface area contributed by atoms with Gasteiger partial charge in [0.2, 0.25) is 0 Å². The van der Waals surface area contributed by atoms with Gasteiger partial charge in [0.15, 0.2) is 0 Å². The number of hydrogen-bond donors (Lipinski definition) is 0. The van der Waals surface area contributed by atoms with Crippen molar-refractivity contribution >= 4 is 15.9 Å². The number of hydrogen-bond acceptors (Lipinski definition) is 2. The van der Waals surface area contributed by atoms with Crippen molar-refractivity contribution in [3.05, 3.63) is 22.4 Å². The maximum Gasteiger partial charge on any atom is 0.0642 e. The van der Waals surface area contributed by atoms with E-state index in [1.807, 2.05) is 6.07 Å². The molecule has 54 valence electrons. The fourth-order valence-corrected chi connectivity index (χ4v) is 1.12. The molecule has 1 rings (SSSR count). The number of aryl methyl sites for hydroxylation is 1. The molecule has 0 fully saturated rings. The number of rotatable bonds is 2. The molecule has 0 saturated heterocycles. The second-order valence-electron chi connectivity index (χ2n) is 2.12. The van der Waals surface area contributed by atoms with E-state index in [2.05, 4.69) is 33.1 Å². The molecule has 0 bridgehead atoms. The van der Waals surface area contributed by atoms with Crippen LogP contribution in [0, 0.1) is 0 Å². The zero-order chi connectivity index (χ0) is 7.40. The zero-order valence-electron chi connectivity index (χ0n) is 5.84. The molecule has 0 amide bonds. The minimum Gasteiger partial charge on any atom is -0.158 e. The van der Waals surface area contributed by atoms with Gasteiger partial charge in [0.1, 0.15) is 0 Å². The predicted molar refractivity (Wildman–Crippen MR) is 43.7 cm³/mol. The molecule has 0 aliphatic heterocycles. The summed E-state index contributed by atoms with van der Waals surface area (Å²) in [5.74, 6) is 0. The van der Waals surface area contributed by atoms with Crippen LogP contribution in [0.25, 0.3) is 0 Å². The lowest BCUT2D eigenvalue weighted by Crippen LogP contribution is -1.90. The minimum atomic E-state index is 1.01. The molecule has 0 saturated carbocycles. The van der Waals surface area contributed by atoms with Crippen molar-refractivity contribution in [2.45, 2.75) is 19.8 Å². The van der Waals surface area contributed by atoms with E-state index in [0.29, 0.717) is 0 Å². The molecule has 0 aliphatic carbocycles. The smallest absolute Gasteiger partial charge is 0.0642 e. The summed E-state index contributed by atoms with van der Waals surface area (Å²) in [5.41, 5.74) is 1.05. The molecule has 3 heteroatoms. The van der Waals surface area contributed by atoms with Gasteiger partial charge in [-0.05, 0) is 28.4 Å². The molecular weight excluding hydrogens is 192 g/mol. The third kappa shape index (κ3) is 2.06. The molecule has 10 heavy (non-hydrogen) atoms. The predicted octanol–water partition coefficient (Wildman–Crippen LogP) is 2.19. The van der Waals surface area contributed by atoms with Gasteiger partial charge in [-0.1, -0.05) is 13.3 Å². The van der Waals surface area contributed by atoms with Gasteiger partial charge in [-0.2, -0.15) is 10.2 Å². The van der Waals surface area contributed by atoms with E-state index in [9.17, 15) is 0 Å². The Morgan fingerprint density at radius 3 is 3.00 bits per heavy atom. The van der Waals surface area contributed by atoms with Crippen LogP contribution in [-0.4, -0.2) is 10.2 Å². The molecule has 0 spiro atoms. The Kier molecular flexibility index (Phi) is 2.81. The Morgan fingerprint density at radius 2 is 2.40 bits per heavy atom. The highest BCUT2D eigenvalue weighted by Crippen LogP contribution is 2.08. The Labute approximate surface area is 68.8 Å². The van der Waals surface area contributed by atoms with E-state index >= 15 is 0 Å². The molecule has 0 atom stereocenters. The molecule has 0 N–H and O–H groups in total. The number of halogens is 1. The van der Waals surface area contributed by atoms with Crippen LogP contribution in [-0.2, 0) is 6.42 Å². The molecule has 2 nitrogen and oxygen atoms in total. The lowest BCUT2D eigenvalue weighted by Gasteiger charge is -1.94. The van der Waals surface area contributed by atoms with E-state index in [1.165, 1.54) is 0 Å². The Bertz CT molecular complexity index is 213. The van der Waals surface area contributed by atoms with Gasteiger partial charge < -0.3 is 0 Å². The highest BCUT2D eigenvalue weighted by Gasteiger charge is 1.93. The van der Waals surface area contributed by atoms with E-state index in [0.717, 1.165) is 23.0 Å². The molecule has 0 radical (unpaired) electrons. The second kappa shape index (κ2) is 3.66. The first-order valence-electron chi connectivity index (χ1n) is 3.30. The van der Waals surface area contributed by atoms with Crippen LogP contribution in [0.15, 0.2) is 16.7 Å². The maximum atomic E-state index is 3.95. The molecule has 1 aromatic heterocycles. The van der Waals surface area contributed by atoms with Crippen molar-refractivity contribution in [3.63, 3.8) is 0 Å². The van der Waals surface area contributed by atoms with Gasteiger partial charge in [0, 0.05) is 4.47 Å². The van der Waals surface area contributed by atoms with Crippen molar-refractivity contribution in [1.82, 2.24) is 10.2 Å². The molecule has 0 aromatic carbocycles. The van der Waals surface area contributed by atoms with Gasteiger partial charge in [-0.25, -0.2) is 0 Å². The molecule has 1 aromatic rings. The van der Waals surface area contributed by atoms with Crippen molar-refractivity contribution in [3.8, 4) is 0 Å². The molecule has 1 heterocycles. The normalized spacial score (nSPS) is 9.80. The van der Waals surface area contributed by atoms with E-state index in [-0.39, 0.29) is 0 Å². The average Bonchev–Trinajstić information content (AvgIpc) is 1.88. The topological polar surface area (TPSA) is 25.8 Å². The summed E-state index contributed by atoms with van der Waals surface area (Å²) in [6.45, 7) is 2.13. The standard InChI is InChI=1S/C7H9BrN2/c1-2-3-7-4-6(8)5-9-10-7/h4-5H,2-3H2,1H3. The first-order chi connectivity index (χ1) is 4.83. The van der Waals surface area contributed by atoms with E-state index < -0.39 is 0 Å². The van der Waals surface area contributed by atoms with Crippen molar-refractivity contribution < 1.29 is 0 Å². The van der Waals surface area contributed by atoms with Crippen LogP contribution in [0.1, 0.15) is 19.0 Å². The molecular formula is C7H9BrN2. The van der Waals surface area contributed by atoms with Crippen LogP contribution < -0.4 is 0 Å². The van der Waals surface area contributed by atoms with Crippen LogP contribution in [0.3, 0.4) is 0 Å². The summed E-state index contributed by atoms with van der Waals surface area (Å²) in [4.78, 5) is 0. The van der Waals surface area contributed by atoms with Crippen LogP contribution in [0.4, 0.5) is 0 Å². The fourth-order valence-electron chi connectivity index (χ4n) is 0.762. The highest BCUT2D eigenvalue weighted by atomic mass is 79.9. The summed E-state index contributed by atoms with van der Waals surface area (Å²) in [7, 11) is 0. The van der Waals surface area contributed by atoms with Crippen LogP contribution >= 0.6 is 15.9 Å². The van der Waals surface area contributed by atoms with Crippen LogP contribution in [0.5, 0.6) is 0 Å². The summed E-state index contributed by atoms with van der Waals surface area (Å²) in [5, 5.41) is 7.76. The maximum absolute atomic E-state index is 3.95. The van der Waals surface area contributed by atoms with Gasteiger partial charge >= 0.3 is 0 Å². The van der Waals surface area contributed by atoms with Gasteiger partial charge in [0.25, 0.3) is 0 Å². The number of aromatic nitrogens is 2. The van der Waals surface area contributed by atoms with Crippen molar-refractivity contribution in [1.29, 1.82) is 0 Å². The molecule has 0 aliphatic rings. The lowest BCUT2D eigenvalue weighted by molar-refractivity contribution is 0.835. The van der Waals surface area contributed by atoms with E-state index in [4.69, 9.17) is 0 Å².